The van der Waals surface area contributed by atoms with Gasteiger partial charge < -0.3 is 10.4 Å². The van der Waals surface area contributed by atoms with E-state index < -0.39 is 27.6 Å². The van der Waals surface area contributed by atoms with E-state index in [2.05, 4.69) is 5.32 Å². The predicted octanol–water partition coefficient (Wildman–Crippen LogP) is 1.82. The van der Waals surface area contributed by atoms with Crippen molar-refractivity contribution in [1.82, 2.24) is 5.32 Å². The van der Waals surface area contributed by atoms with Gasteiger partial charge in [0.05, 0.1) is 11.5 Å². The minimum absolute atomic E-state index is 0.0346. The van der Waals surface area contributed by atoms with Gasteiger partial charge in [0.25, 0.3) is 5.91 Å². The molecule has 2 rings (SSSR count). The van der Waals surface area contributed by atoms with E-state index in [4.69, 9.17) is 0 Å². The van der Waals surface area contributed by atoms with E-state index in [0.717, 1.165) is 23.2 Å². The maximum atomic E-state index is 12.1. The Morgan fingerprint density at radius 2 is 1.92 bits per heavy atom. The van der Waals surface area contributed by atoms with Crippen molar-refractivity contribution in [2.45, 2.75) is 10.6 Å². The number of thiophene rings is 1. The summed E-state index contributed by atoms with van der Waals surface area (Å²) in [6.07, 6.45) is 1.37. The highest BCUT2D eigenvalue weighted by Gasteiger charge is 2.20. The van der Waals surface area contributed by atoms with Crippen molar-refractivity contribution in [3.05, 3.63) is 52.9 Å². The smallest absolute Gasteiger partial charge is 0.308 e. The number of rotatable bonds is 7. The van der Waals surface area contributed by atoms with Crippen LogP contribution < -0.4 is 5.32 Å². The van der Waals surface area contributed by atoms with Crippen molar-refractivity contribution in [3.8, 4) is 0 Å². The molecule has 0 radical (unpaired) electrons. The van der Waals surface area contributed by atoms with Crippen LogP contribution in [0, 0.1) is 5.92 Å². The highest BCUT2D eigenvalue weighted by molar-refractivity contribution is 7.92. The molecule has 0 spiro atoms. The Balaban J connectivity index is 2.00. The Morgan fingerprint density at radius 1 is 1.25 bits per heavy atom. The summed E-state index contributed by atoms with van der Waals surface area (Å²) in [5.41, 5.74) is 1.08. The average Bonchev–Trinajstić information content (AvgIpc) is 3.02. The molecule has 2 aromatic rings. The van der Waals surface area contributed by atoms with Gasteiger partial charge >= 0.3 is 5.97 Å². The fourth-order valence-corrected chi connectivity index (χ4v) is 3.89. The van der Waals surface area contributed by atoms with Gasteiger partial charge in [0.15, 0.2) is 9.84 Å². The van der Waals surface area contributed by atoms with Gasteiger partial charge in [-0.2, -0.15) is 0 Å². The molecule has 128 valence electrons. The van der Waals surface area contributed by atoms with Gasteiger partial charge in [-0.3, -0.25) is 9.59 Å². The maximum absolute atomic E-state index is 12.1. The first kappa shape index (κ1) is 18.2. The van der Waals surface area contributed by atoms with Crippen molar-refractivity contribution >= 4 is 33.1 Å². The lowest BCUT2D eigenvalue weighted by molar-refractivity contribution is -0.141. The lowest BCUT2D eigenvalue weighted by atomic mass is 9.99. The second kappa shape index (κ2) is 7.59. The standard InChI is InChI=1S/C16H17NO5S2/c1-24(21,22)14-8-13(10-23-14)15(18)17-9-12(16(19)20)7-11-5-3-2-4-6-11/h2-6,8,10,12H,7,9H2,1H3,(H,17,18)(H,19,20). The molecule has 1 atom stereocenters. The number of hydrogen-bond acceptors (Lipinski definition) is 5. The van der Waals surface area contributed by atoms with Crippen LogP contribution in [0.3, 0.4) is 0 Å². The first-order chi connectivity index (χ1) is 11.3. The minimum atomic E-state index is -3.36. The number of aliphatic carboxylic acids is 1. The van der Waals surface area contributed by atoms with Crippen LogP contribution in [0.15, 0.2) is 46.0 Å². The van der Waals surface area contributed by atoms with E-state index in [0.29, 0.717) is 6.42 Å². The maximum Gasteiger partial charge on any atom is 0.308 e. The molecular weight excluding hydrogens is 350 g/mol. The van der Waals surface area contributed by atoms with Crippen LogP contribution in [0.25, 0.3) is 0 Å². The highest BCUT2D eigenvalue weighted by Crippen LogP contribution is 2.20. The monoisotopic (exact) mass is 367 g/mol. The SMILES string of the molecule is CS(=O)(=O)c1cc(C(=O)NCC(Cc2ccccc2)C(=O)O)cs1. The first-order valence-electron chi connectivity index (χ1n) is 7.11. The number of nitrogens with one attached hydrogen (secondary N) is 1. The van der Waals surface area contributed by atoms with E-state index in [9.17, 15) is 23.1 Å². The summed E-state index contributed by atoms with van der Waals surface area (Å²) in [4.78, 5) is 23.4. The summed E-state index contributed by atoms with van der Waals surface area (Å²) >= 11 is 0.963. The van der Waals surface area contributed by atoms with Crippen molar-refractivity contribution in [3.63, 3.8) is 0 Å². The summed E-state index contributed by atoms with van der Waals surface area (Å²) in [5.74, 6) is -2.24. The first-order valence-corrected chi connectivity index (χ1v) is 9.88. The average molecular weight is 367 g/mol. The van der Waals surface area contributed by atoms with Crippen LogP contribution in [0.4, 0.5) is 0 Å². The number of carboxylic acid groups (broad SMARTS) is 1. The summed E-state index contributed by atoms with van der Waals surface area (Å²) in [6.45, 7) is -0.0346. The van der Waals surface area contributed by atoms with Gasteiger partial charge in [-0.15, -0.1) is 11.3 Å². The van der Waals surface area contributed by atoms with E-state index in [1.54, 1.807) is 0 Å². The number of carboxylic acids is 1. The highest BCUT2D eigenvalue weighted by atomic mass is 32.2. The second-order valence-electron chi connectivity index (χ2n) is 5.36. The van der Waals surface area contributed by atoms with Gasteiger partial charge in [-0.1, -0.05) is 30.3 Å². The molecule has 0 aliphatic rings. The number of benzene rings is 1. The van der Waals surface area contributed by atoms with Gasteiger partial charge in [0.2, 0.25) is 0 Å². The molecule has 1 heterocycles. The van der Waals surface area contributed by atoms with Gasteiger partial charge in [-0.25, -0.2) is 8.42 Å². The van der Waals surface area contributed by atoms with Crippen LogP contribution in [0.1, 0.15) is 15.9 Å². The molecule has 1 unspecified atom stereocenters. The number of hydrogen-bond donors (Lipinski definition) is 2. The number of sulfone groups is 1. The summed E-state index contributed by atoms with van der Waals surface area (Å²) in [7, 11) is -3.36. The summed E-state index contributed by atoms with van der Waals surface area (Å²) < 4.78 is 23.0. The third kappa shape index (κ3) is 4.90. The Labute approximate surface area is 144 Å². The third-order valence-corrected chi connectivity index (χ3v) is 6.15. The summed E-state index contributed by atoms with van der Waals surface area (Å²) in [6, 6.07) is 10.4. The van der Waals surface area contributed by atoms with Crippen molar-refractivity contribution in [1.29, 1.82) is 0 Å². The third-order valence-electron chi connectivity index (χ3n) is 3.39. The quantitative estimate of drug-likeness (QED) is 0.777. The normalized spacial score (nSPS) is 12.5. The molecule has 6 nitrogen and oxygen atoms in total. The molecule has 1 amide bonds. The zero-order valence-corrected chi connectivity index (χ0v) is 14.6. The van der Waals surface area contributed by atoms with Crippen LogP contribution in [0.5, 0.6) is 0 Å². The number of carbonyl (C=O) groups excluding carboxylic acids is 1. The van der Waals surface area contributed by atoms with E-state index in [-0.39, 0.29) is 16.3 Å². The van der Waals surface area contributed by atoms with Gasteiger partial charge in [0, 0.05) is 18.2 Å². The molecule has 0 aliphatic heterocycles. The fourth-order valence-electron chi connectivity index (χ4n) is 2.09. The van der Waals surface area contributed by atoms with E-state index >= 15 is 0 Å². The zero-order valence-electron chi connectivity index (χ0n) is 12.9. The van der Waals surface area contributed by atoms with Crippen molar-refractivity contribution in [2.24, 2.45) is 5.92 Å². The number of amides is 1. The Morgan fingerprint density at radius 3 is 2.46 bits per heavy atom. The molecule has 24 heavy (non-hydrogen) atoms. The molecule has 0 bridgehead atoms. The lowest BCUT2D eigenvalue weighted by Gasteiger charge is -2.13. The molecule has 2 N–H and O–H groups in total. The molecule has 0 aliphatic carbocycles. The van der Waals surface area contributed by atoms with Crippen LogP contribution in [-0.4, -0.2) is 38.2 Å². The van der Waals surface area contributed by atoms with Gasteiger partial charge in [0.1, 0.15) is 4.21 Å². The Hall–Kier alpha value is -2.19. The summed E-state index contributed by atoms with van der Waals surface area (Å²) in [5, 5.41) is 13.3. The molecular formula is C16H17NO5S2. The molecule has 8 heteroatoms. The van der Waals surface area contributed by atoms with Crippen LogP contribution >= 0.6 is 11.3 Å². The largest absolute Gasteiger partial charge is 0.481 e. The Bertz CT molecular complexity index is 827. The van der Waals surface area contributed by atoms with Gasteiger partial charge in [-0.05, 0) is 18.1 Å². The topological polar surface area (TPSA) is 101 Å². The van der Waals surface area contributed by atoms with Crippen LogP contribution in [0.2, 0.25) is 0 Å². The molecule has 0 saturated heterocycles. The number of carbonyl (C=O) groups is 2. The van der Waals surface area contributed by atoms with Crippen LogP contribution in [-0.2, 0) is 21.1 Å². The molecule has 0 saturated carbocycles. The molecule has 1 aromatic heterocycles. The minimum Gasteiger partial charge on any atom is -0.481 e. The molecule has 0 fully saturated rings. The van der Waals surface area contributed by atoms with E-state index in [1.165, 1.54) is 11.4 Å². The van der Waals surface area contributed by atoms with Crippen molar-refractivity contribution < 1.29 is 23.1 Å². The molecule has 1 aromatic carbocycles. The lowest BCUT2D eigenvalue weighted by Crippen LogP contribution is -2.33. The fraction of sp³-hybridized carbons (Fsp3) is 0.250. The Kier molecular flexibility index (Phi) is 5.74. The second-order valence-corrected chi connectivity index (χ2v) is 8.52. The van der Waals surface area contributed by atoms with E-state index in [1.807, 2.05) is 30.3 Å². The predicted molar refractivity (Wildman–Crippen MR) is 91.0 cm³/mol. The van der Waals surface area contributed by atoms with Crippen molar-refractivity contribution in [2.75, 3.05) is 12.8 Å². The zero-order chi connectivity index (χ0) is 17.7.